The van der Waals surface area contributed by atoms with Gasteiger partial charge in [0.15, 0.2) is 0 Å². The molecule has 0 amide bonds. The Hall–Kier alpha value is -1.59. The van der Waals surface area contributed by atoms with Gasteiger partial charge in [0.05, 0.1) is 0 Å². The number of hydrogen-bond donors (Lipinski definition) is 1. The summed E-state index contributed by atoms with van der Waals surface area (Å²) >= 11 is 0. The number of rotatable bonds is 5. The van der Waals surface area contributed by atoms with Crippen LogP contribution in [0.5, 0.6) is 0 Å². The van der Waals surface area contributed by atoms with Crippen molar-refractivity contribution in [3.63, 3.8) is 0 Å². The average molecular weight is 264 g/mol. The van der Waals surface area contributed by atoms with Gasteiger partial charge >= 0.3 is 0 Å². The van der Waals surface area contributed by atoms with E-state index >= 15 is 0 Å². The maximum atomic E-state index is 5.85. The highest BCUT2D eigenvalue weighted by Gasteiger charge is 2.26. The first-order valence-corrected chi connectivity index (χ1v) is 7.22. The molecule has 2 heterocycles. The highest BCUT2D eigenvalue weighted by Crippen LogP contribution is 2.25. The van der Waals surface area contributed by atoms with E-state index in [-0.39, 0.29) is 0 Å². The number of hydrogen-bond acceptors (Lipinski definition) is 6. The van der Waals surface area contributed by atoms with Crippen molar-refractivity contribution in [2.45, 2.75) is 46.1 Å². The molecule has 1 unspecified atom stereocenters. The van der Waals surface area contributed by atoms with Crippen LogP contribution in [0, 0.1) is 0 Å². The van der Waals surface area contributed by atoms with Gasteiger partial charge in [0.1, 0.15) is 0 Å². The summed E-state index contributed by atoms with van der Waals surface area (Å²) in [6.45, 7) is 9.15. The van der Waals surface area contributed by atoms with Crippen molar-refractivity contribution in [3.05, 3.63) is 0 Å². The van der Waals surface area contributed by atoms with Gasteiger partial charge in [0.25, 0.3) is 0 Å². The summed E-state index contributed by atoms with van der Waals surface area (Å²) in [5, 5.41) is 0. The van der Waals surface area contributed by atoms with E-state index < -0.39 is 0 Å². The molecule has 0 saturated carbocycles. The molecule has 1 fully saturated rings. The molecule has 0 aromatic carbocycles. The zero-order chi connectivity index (χ0) is 13.8. The van der Waals surface area contributed by atoms with Gasteiger partial charge in [-0.1, -0.05) is 6.92 Å². The Morgan fingerprint density at radius 1 is 1.21 bits per heavy atom. The van der Waals surface area contributed by atoms with Crippen molar-refractivity contribution < 1.29 is 0 Å². The molecule has 1 saturated heterocycles. The molecule has 106 valence electrons. The van der Waals surface area contributed by atoms with Crippen LogP contribution in [-0.4, -0.2) is 40.6 Å². The maximum Gasteiger partial charge on any atom is 0.232 e. The molecule has 1 atom stereocenters. The summed E-state index contributed by atoms with van der Waals surface area (Å²) in [5.41, 5.74) is 5.85. The van der Waals surface area contributed by atoms with Crippen LogP contribution < -0.4 is 15.5 Å². The van der Waals surface area contributed by atoms with Crippen LogP contribution in [0.15, 0.2) is 0 Å². The van der Waals surface area contributed by atoms with Crippen LogP contribution in [0.4, 0.5) is 17.8 Å². The molecule has 0 bridgehead atoms. The second kappa shape index (κ2) is 6.04. The highest BCUT2D eigenvalue weighted by atomic mass is 15.4. The maximum absolute atomic E-state index is 5.85. The summed E-state index contributed by atoms with van der Waals surface area (Å²) in [4.78, 5) is 17.5. The predicted octanol–water partition coefficient (Wildman–Crippen LogP) is 1.68. The van der Waals surface area contributed by atoms with Gasteiger partial charge < -0.3 is 15.5 Å². The van der Waals surface area contributed by atoms with E-state index in [4.69, 9.17) is 5.73 Å². The Balaban J connectivity index is 2.30. The first-order valence-electron chi connectivity index (χ1n) is 7.22. The van der Waals surface area contributed by atoms with E-state index in [2.05, 4.69) is 45.5 Å². The minimum atomic E-state index is 0.314. The van der Waals surface area contributed by atoms with Crippen LogP contribution in [0.3, 0.4) is 0 Å². The largest absolute Gasteiger partial charge is 0.368 e. The quantitative estimate of drug-likeness (QED) is 0.872. The molecule has 2 rings (SSSR count). The van der Waals surface area contributed by atoms with Gasteiger partial charge in [0, 0.05) is 25.7 Å². The van der Waals surface area contributed by atoms with Gasteiger partial charge in [-0.05, 0) is 33.1 Å². The summed E-state index contributed by atoms with van der Waals surface area (Å²) in [6, 6.07) is 0.534. The van der Waals surface area contributed by atoms with Gasteiger partial charge in [-0.2, -0.15) is 15.0 Å². The van der Waals surface area contributed by atoms with E-state index in [9.17, 15) is 0 Å². The minimum Gasteiger partial charge on any atom is -0.368 e. The van der Waals surface area contributed by atoms with Crippen LogP contribution in [-0.2, 0) is 0 Å². The lowest BCUT2D eigenvalue weighted by atomic mass is 10.2. The molecular formula is C13H24N6. The molecule has 6 nitrogen and oxygen atoms in total. The van der Waals surface area contributed by atoms with E-state index in [1.807, 2.05) is 0 Å². The van der Waals surface area contributed by atoms with Crippen molar-refractivity contribution in [1.82, 2.24) is 15.0 Å². The number of nitrogens with zero attached hydrogens (tertiary/aromatic N) is 5. The van der Waals surface area contributed by atoms with Crippen molar-refractivity contribution in [1.29, 1.82) is 0 Å². The second-order valence-electron chi connectivity index (χ2n) is 4.86. The Bertz CT molecular complexity index is 418. The SMILES string of the molecule is CCC1CCCN1c1nc(N)nc(N(CC)CC)n1. The van der Waals surface area contributed by atoms with Crippen LogP contribution in [0.25, 0.3) is 0 Å². The summed E-state index contributed by atoms with van der Waals surface area (Å²) < 4.78 is 0. The molecule has 1 aromatic heterocycles. The third-order valence-corrected chi connectivity index (χ3v) is 3.78. The van der Waals surface area contributed by atoms with Crippen molar-refractivity contribution in [2.24, 2.45) is 0 Å². The fourth-order valence-corrected chi connectivity index (χ4v) is 2.67. The van der Waals surface area contributed by atoms with Gasteiger partial charge in [-0.3, -0.25) is 0 Å². The van der Waals surface area contributed by atoms with Gasteiger partial charge in [0.2, 0.25) is 17.8 Å². The standard InChI is InChI=1S/C13H24N6/c1-4-10-8-7-9-19(10)13-16-11(14)15-12(17-13)18(5-2)6-3/h10H,4-9H2,1-3H3,(H2,14,15,16,17). The van der Waals surface area contributed by atoms with E-state index in [0.717, 1.165) is 32.0 Å². The molecule has 6 heteroatoms. The molecule has 1 aliphatic rings. The minimum absolute atomic E-state index is 0.314. The predicted molar refractivity (Wildman–Crippen MR) is 78.5 cm³/mol. The van der Waals surface area contributed by atoms with Gasteiger partial charge in [-0.15, -0.1) is 0 Å². The fraction of sp³-hybridized carbons (Fsp3) is 0.769. The molecule has 1 aliphatic heterocycles. The molecule has 0 aliphatic carbocycles. The molecule has 19 heavy (non-hydrogen) atoms. The summed E-state index contributed by atoms with van der Waals surface area (Å²) in [5.74, 6) is 1.74. The van der Waals surface area contributed by atoms with Gasteiger partial charge in [-0.25, -0.2) is 0 Å². The Morgan fingerprint density at radius 3 is 2.58 bits per heavy atom. The zero-order valence-corrected chi connectivity index (χ0v) is 12.1. The Morgan fingerprint density at radius 2 is 1.95 bits per heavy atom. The number of aromatic nitrogens is 3. The molecule has 0 spiro atoms. The monoisotopic (exact) mass is 264 g/mol. The molecule has 1 aromatic rings. The number of anilines is 3. The van der Waals surface area contributed by atoms with E-state index in [1.165, 1.54) is 12.8 Å². The van der Waals surface area contributed by atoms with Crippen molar-refractivity contribution >= 4 is 17.8 Å². The fourth-order valence-electron chi connectivity index (χ4n) is 2.67. The molecule has 0 radical (unpaired) electrons. The Labute approximate surface area is 115 Å². The normalized spacial score (nSPS) is 18.9. The molecule has 2 N–H and O–H groups in total. The van der Waals surface area contributed by atoms with Crippen molar-refractivity contribution in [2.75, 3.05) is 35.2 Å². The lowest BCUT2D eigenvalue weighted by Crippen LogP contribution is -2.32. The lowest BCUT2D eigenvalue weighted by Gasteiger charge is -2.25. The Kier molecular flexibility index (Phi) is 4.39. The number of nitrogen functional groups attached to an aromatic ring is 1. The van der Waals surface area contributed by atoms with Crippen LogP contribution in [0.2, 0.25) is 0 Å². The lowest BCUT2D eigenvalue weighted by molar-refractivity contribution is 0.632. The summed E-state index contributed by atoms with van der Waals surface area (Å²) in [6.07, 6.45) is 3.53. The van der Waals surface area contributed by atoms with E-state index in [0.29, 0.717) is 17.9 Å². The topological polar surface area (TPSA) is 71.2 Å². The molecular weight excluding hydrogens is 240 g/mol. The summed E-state index contributed by atoms with van der Waals surface area (Å²) in [7, 11) is 0. The smallest absolute Gasteiger partial charge is 0.232 e. The zero-order valence-electron chi connectivity index (χ0n) is 12.1. The highest BCUT2D eigenvalue weighted by molar-refractivity contribution is 5.44. The van der Waals surface area contributed by atoms with Crippen molar-refractivity contribution in [3.8, 4) is 0 Å². The first-order chi connectivity index (χ1) is 9.19. The number of nitrogens with two attached hydrogens (primary N) is 1. The first kappa shape index (κ1) is 13.8. The van der Waals surface area contributed by atoms with E-state index in [1.54, 1.807) is 0 Å². The second-order valence-corrected chi connectivity index (χ2v) is 4.86. The third kappa shape index (κ3) is 2.88. The van der Waals surface area contributed by atoms with Crippen LogP contribution in [0.1, 0.15) is 40.0 Å². The van der Waals surface area contributed by atoms with Crippen LogP contribution >= 0.6 is 0 Å². The third-order valence-electron chi connectivity index (χ3n) is 3.78. The average Bonchev–Trinajstić information content (AvgIpc) is 2.88.